The molecule has 0 radical (unpaired) electrons. The van der Waals surface area contributed by atoms with Crippen LogP contribution in [0.2, 0.25) is 0 Å². The Morgan fingerprint density at radius 1 is 1.38 bits per heavy atom. The van der Waals surface area contributed by atoms with Crippen LogP contribution in [0, 0.1) is 11.7 Å². The number of carbonyl (C=O) groups excluding carboxylic acids is 1. The van der Waals surface area contributed by atoms with E-state index in [1.165, 1.54) is 11.9 Å². The average Bonchev–Trinajstić information content (AvgIpc) is 2.35. The maximum atomic E-state index is 13.6. The van der Waals surface area contributed by atoms with Gasteiger partial charge in [-0.25, -0.2) is 4.39 Å². The summed E-state index contributed by atoms with van der Waals surface area (Å²) < 4.78 is 51.5. The van der Waals surface area contributed by atoms with Gasteiger partial charge in [-0.2, -0.15) is 13.2 Å². The number of amides is 1. The van der Waals surface area contributed by atoms with Gasteiger partial charge in [0.25, 0.3) is 5.91 Å². The van der Waals surface area contributed by atoms with Gasteiger partial charge in [-0.15, -0.1) is 11.6 Å². The predicted molar refractivity (Wildman–Crippen MR) is 70.7 cm³/mol. The zero-order valence-corrected chi connectivity index (χ0v) is 12.0. The minimum absolute atomic E-state index is 0.0868. The van der Waals surface area contributed by atoms with E-state index in [2.05, 4.69) is 0 Å². The van der Waals surface area contributed by atoms with E-state index in [0.717, 1.165) is 12.8 Å². The van der Waals surface area contributed by atoms with Gasteiger partial charge in [-0.1, -0.05) is 0 Å². The Morgan fingerprint density at radius 2 is 2.00 bits per heavy atom. The molecule has 2 nitrogen and oxygen atoms in total. The minimum atomic E-state index is -4.61. The van der Waals surface area contributed by atoms with Crippen LogP contribution in [0.4, 0.5) is 17.6 Å². The normalized spacial score (nSPS) is 21.8. The van der Waals surface area contributed by atoms with Crippen molar-refractivity contribution in [1.29, 1.82) is 0 Å². The van der Waals surface area contributed by atoms with Crippen molar-refractivity contribution in [3.63, 3.8) is 0 Å². The van der Waals surface area contributed by atoms with Crippen LogP contribution in [-0.4, -0.2) is 29.8 Å². The Bertz CT molecular complexity index is 540. The lowest BCUT2D eigenvalue weighted by Gasteiger charge is -2.34. The maximum absolute atomic E-state index is 13.6. The molecule has 1 saturated carbocycles. The molecule has 0 unspecified atom stereocenters. The van der Waals surface area contributed by atoms with Gasteiger partial charge in [0.05, 0.1) is 11.1 Å². The molecule has 21 heavy (non-hydrogen) atoms. The van der Waals surface area contributed by atoms with Gasteiger partial charge >= 0.3 is 6.18 Å². The van der Waals surface area contributed by atoms with Crippen LogP contribution in [0.3, 0.4) is 0 Å². The summed E-state index contributed by atoms with van der Waals surface area (Å²) in [5.41, 5.74) is -1.60. The van der Waals surface area contributed by atoms with Crippen molar-refractivity contribution in [1.82, 2.24) is 4.90 Å². The van der Waals surface area contributed by atoms with E-state index in [0.29, 0.717) is 24.7 Å². The highest BCUT2D eigenvalue weighted by Gasteiger charge is 2.33. The molecule has 0 heterocycles. The molecule has 1 aromatic carbocycles. The number of carbonyl (C=O) groups is 1. The van der Waals surface area contributed by atoms with Crippen molar-refractivity contribution in [2.75, 3.05) is 13.6 Å². The van der Waals surface area contributed by atoms with Crippen LogP contribution >= 0.6 is 11.6 Å². The van der Waals surface area contributed by atoms with E-state index < -0.39 is 29.0 Å². The molecule has 0 spiro atoms. The quantitative estimate of drug-likeness (QED) is 0.609. The van der Waals surface area contributed by atoms with E-state index in [1.54, 1.807) is 0 Å². The molecule has 1 aliphatic carbocycles. The van der Waals surface area contributed by atoms with Crippen LogP contribution in [0.1, 0.15) is 28.8 Å². The monoisotopic (exact) mass is 323 g/mol. The molecule has 0 aromatic heterocycles. The largest absolute Gasteiger partial charge is 0.416 e. The van der Waals surface area contributed by atoms with Crippen molar-refractivity contribution in [2.24, 2.45) is 5.92 Å². The lowest BCUT2D eigenvalue weighted by Crippen LogP contribution is -2.38. The van der Waals surface area contributed by atoms with Crippen LogP contribution in [0.5, 0.6) is 0 Å². The zero-order chi connectivity index (χ0) is 15.8. The molecular formula is C14H14ClF4NO. The van der Waals surface area contributed by atoms with Gasteiger partial charge in [0.2, 0.25) is 0 Å². The van der Waals surface area contributed by atoms with Gasteiger partial charge in [-0.3, -0.25) is 4.79 Å². The van der Waals surface area contributed by atoms with Crippen molar-refractivity contribution in [3.05, 3.63) is 35.1 Å². The molecular weight excluding hydrogens is 310 g/mol. The molecule has 1 aromatic rings. The second-order valence-corrected chi connectivity index (χ2v) is 5.93. The standard InChI is InChI=1S/C14H14ClF4NO/c1-20(7-8-4-10(15)5-8)13(21)11-6-9(14(17,18)19)2-3-12(11)16/h2-3,6,8,10H,4-5,7H2,1H3. The second kappa shape index (κ2) is 5.83. The van der Waals surface area contributed by atoms with Crippen LogP contribution < -0.4 is 0 Å². The Balaban J connectivity index is 2.14. The number of alkyl halides is 4. The lowest BCUT2D eigenvalue weighted by molar-refractivity contribution is -0.137. The van der Waals surface area contributed by atoms with E-state index >= 15 is 0 Å². The Morgan fingerprint density at radius 3 is 2.52 bits per heavy atom. The molecule has 1 aliphatic rings. The van der Waals surface area contributed by atoms with Gasteiger partial charge in [0.15, 0.2) is 0 Å². The van der Waals surface area contributed by atoms with E-state index in [9.17, 15) is 22.4 Å². The molecule has 7 heteroatoms. The molecule has 1 amide bonds. The third-order valence-electron chi connectivity index (χ3n) is 3.58. The summed E-state index contributed by atoms with van der Waals surface area (Å²) >= 11 is 5.83. The smallest absolute Gasteiger partial charge is 0.341 e. The molecule has 0 N–H and O–H groups in total. The molecule has 0 aliphatic heterocycles. The highest BCUT2D eigenvalue weighted by atomic mass is 35.5. The van der Waals surface area contributed by atoms with Gasteiger partial charge < -0.3 is 4.90 Å². The summed E-state index contributed by atoms with van der Waals surface area (Å²) in [4.78, 5) is 13.3. The van der Waals surface area contributed by atoms with Crippen molar-refractivity contribution >= 4 is 17.5 Å². The summed E-state index contributed by atoms with van der Waals surface area (Å²) in [6.07, 6.45) is -3.10. The van der Waals surface area contributed by atoms with Crippen LogP contribution in [0.15, 0.2) is 18.2 Å². The van der Waals surface area contributed by atoms with Crippen molar-refractivity contribution in [3.8, 4) is 0 Å². The summed E-state index contributed by atoms with van der Waals surface area (Å²) in [7, 11) is 1.45. The lowest BCUT2D eigenvalue weighted by atomic mass is 9.84. The number of nitrogens with zero attached hydrogens (tertiary/aromatic N) is 1. The fourth-order valence-corrected chi connectivity index (χ4v) is 2.85. The summed E-state index contributed by atoms with van der Waals surface area (Å²) in [5, 5.41) is 0.0868. The van der Waals surface area contributed by atoms with E-state index in [4.69, 9.17) is 11.6 Å². The number of rotatable bonds is 3. The number of halogens is 5. The van der Waals surface area contributed by atoms with Crippen LogP contribution in [-0.2, 0) is 6.18 Å². The third kappa shape index (κ3) is 3.67. The van der Waals surface area contributed by atoms with Gasteiger partial charge in [0, 0.05) is 19.0 Å². The molecule has 2 rings (SSSR count). The first-order valence-electron chi connectivity index (χ1n) is 6.44. The fraction of sp³-hybridized carbons (Fsp3) is 0.500. The van der Waals surface area contributed by atoms with E-state index in [-0.39, 0.29) is 11.3 Å². The number of hydrogen-bond donors (Lipinski definition) is 0. The number of hydrogen-bond acceptors (Lipinski definition) is 1. The van der Waals surface area contributed by atoms with Crippen molar-refractivity contribution in [2.45, 2.75) is 24.4 Å². The molecule has 0 bridgehead atoms. The van der Waals surface area contributed by atoms with Crippen LogP contribution in [0.25, 0.3) is 0 Å². The SMILES string of the molecule is CN(CC1CC(Cl)C1)C(=O)c1cc(C(F)(F)F)ccc1F. The zero-order valence-electron chi connectivity index (χ0n) is 11.3. The first kappa shape index (κ1) is 16.1. The second-order valence-electron chi connectivity index (χ2n) is 5.31. The number of benzene rings is 1. The summed E-state index contributed by atoms with van der Waals surface area (Å²) in [5.74, 6) is -1.49. The highest BCUT2D eigenvalue weighted by Crippen LogP contribution is 2.33. The predicted octanol–water partition coefficient (Wildman–Crippen LogP) is 3.93. The molecule has 0 atom stereocenters. The Kier molecular flexibility index (Phi) is 4.46. The van der Waals surface area contributed by atoms with Gasteiger partial charge in [-0.05, 0) is 37.0 Å². The fourth-order valence-electron chi connectivity index (χ4n) is 2.34. The Hall–Kier alpha value is -1.30. The van der Waals surface area contributed by atoms with Crippen molar-refractivity contribution < 1.29 is 22.4 Å². The topological polar surface area (TPSA) is 20.3 Å². The Labute approximate surface area is 124 Å². The summed E-state index contributed by atoms with van der Waals surface area (Å²) in [6.45, 7) is 0.359. The summed E-state index contributed by atoms with van der Waals surface area (Å²) in [6, 6.07) is 1.84. The highest BCUT2D eigenvalue weighted by molar-refractivity contribution is 6.21. The average molecular weight is 324 g/mol. The minimum Gasteiger partial charge on any atom is -0.341 e. The first-order chi connectivity index (χ1) is 9.68. The third-order valence-corrected chi connectivity index (χ3v) is 3.94. The molecule has 1 fully saturated rings. The maximum Gasteiger partial charge on any atom is 0.416 e. The first-order valence-corrected chi connectivity index (χ1v) is 6.88. The van der Waals surface area contributed by atoms with Gasteiger partial charge in [0.1, 0.15) is 5.82 Å². The van der Waals surface area contributed by atoms with E-state index in [1.807, 2.05) is 0 Å². The molecule has 0 saturated heterocycles. The molecule has 116 valence electrons.